The number of ether oxygens (including phenoxy) is 3. The SMILES string of the molecule is CC/C=C\C/C=C\C/C=C\CCCCCCCC(=O)O[C@H](COC(=O)CCCCCCC/C=C\CCCC)COC(=O)CCCCCCCCCCCCCCCCCCCCC. The van der Waals surface area contributed by atoms with E-state index in [4.69, 9.17) is 14.2 Å². The third-order valence-electron chi connectivity index (χ3n) is 11.8. The Hall–Kier alpha value is -2.63. The molecule has 0 unspecified atom stereocenters. The van der Waals surface area contributed by atoms with Crippen molar-refractivity contribution in [2.75, 3.05) is 13.2 Å². The molecule has 366 valence electrons. The van der Waals surface area contributed by atoms with Gasteiger partial charge in [-0.1, -0.05) is 236 Å². The molecule has 0 rings (SSSR count). The van der Waals surface area contributed by atoms with Crippen molar-refractivity contribution in [3.05, 3.63) is 48.6 Å². The molecule has 0 N–H and O–H groups in total. The van der Waals surface area contributed by atoms with Crippen LogP contribution in [0, 0.1) is 0 Å². The topological polar surface area (TPSA) is 78.9 Å². The van der Waals surface area contributed by atoms with Crippen LogP contribution in [-0.2, 0) is 28.6 Å². The second-order valence-corrected chi connectivity index (χ2v) is 18.1. The van der Waals surface area contributed by atoms with E-state index in [9.17, 15) is 14.4 Å². The molecule has 6 heteroatoms. The van der Waals surface area contributed by atoms with Gasteiger partial charge in [-0.05, 0) is 70.6 Å². The van der Waals surface area contributed by atoms with Crippen LogP contribution in [0.15, 0.2) is 48.6 Å². The van der Waals surface area contributed by atoms with Crippen molar-refractivity contribution in [1.29, 1.82) is 0 Å². The highest BCUT2D eigenvalue weighted by molar-refractivity contribution is 5.71. The van der Waals surface area contributed by atoms with E-state index < -0.39 is 6.10 Å². The first-order valence-electron chi connectivity index (χ1n) is 27.1. The first kappa shape index (κ1) is 60.4. The van der Waals surface area contributed by atoms with Crippen LogP contribution in [0.3, 0.4) is 0 Å². The molecule has 0 saturated carbocycles. The summed E-state index contributed by atoms with van der Waals surface area (Å²) in [6.07, 6.45) is 62.4. The summed E-state index contributed by atoms with van der Waals surface area (Å²) in [5, 5.41) is 0. The lowest BCUT2D eigenvalue weighted by Gasteiger charge is -2.18. The molecule has 0 aromatic carbocycles. The number of rotatable bonds is 49. The fourth-order valence-electron chi connectivity index (χ4n) is 7.73. The molecule has 0 fully saturated rings. The average molecular weight is 883 g/mol. The number of carbonyl (C=O) groups excluding carboxylic acids is 3. The van der Waals surface area contributed by atoms with Crippen molar-refractivity contribution < 1.29 is 28.6 Å². The van der Waals surface area contributed by atoms with Gasteiger partial charge in [-0.2, -0.15) is 0 Å². The molecule has 0 aromatic heterocycles. The normalized spacial score (nSPS) is 12.4. The summed E-state index contributed by atoms with van der Waals surface area (Å²) in [7, 11) is 0. The molecule has 0 saturated heterocycles. The lowest BCUT2D eigenvalue weighted by Crippen LogP contribution is -2.30. The molecular weight excluding hydrogens is 781 g/mol. The van der Waals surface area contributed by atoms with Gasteiger partial charge >= 0.3 is 17.9 Å². The van der Waals surface area contributed by atoms with Crippen LogP contribution in [0.2, 0.25) is 0 Å². The van der Waals surface area contributed by atoms with Crippen LogP contribution in [0.4, 0.5) is 0 Å². The molecule has 0 aliphatic carbocycles. The predicted octanol–water partition coefficient (Wildman–Crippen LogP) is 17.9. The van der Waals surface area contributed by atoms with Gasteiger partial charge < -0.3 is 14.2 Å². The lowest BCUT2D eigenvalue weighted by molar-refractivity contribution is -0.167. The molecule has 63 heavy (non-hydrogen) atoms. The van der Waals surface area contributed by atoms with Crippen molar-refractivity contribution in [2.24, 2.45) is 0 Å². The van der Waals surface area contributed by atoms with Gasteiger partial charge in [0.05, 0.1) is 0 Å². The van der Waals surface area contributed by atoms with E-state index in [1.54, 1.807) is 0 Å². The maximum Gasteiger partial charge on any atom is 0.306 e. The van der Waals surface area contributed by atoms with Gasteiger partial charge in [-0.3, -0.25) is 14.4 Å². The van der Waals surface area contributed by atoms with Crippen LogP contribution in [0.1, 0.15) is 278 Å². The van der Waals surface area contributed by atoms with Gasteiger partial charge in [0.2, 0.25) is 0 Å². The van der Waals surface area contributed by atoms with E-state index >= 15 is 0 Å². The molecule has 0 aromatic rings. The van der Waals surface area contributed by atoms with Crippen molar-refractivity contribution in [2.45, 2.75) is 284 Å². The summed E-state index contributed by atoms with van der Waals surface area (Å²) in [5.41, 5.74) is 0. The molecule has 0 spiro atoms. The van der Waals surface area contributed by atoms with Crippen molar-refractivity contribution in [3.8, 4) is 0 Å². The summed E-state index contributed by atoms with van der Waals surface area (Å²) < 4.78 is 16.8. The molecular formula is C57H102O6. The standard InChI is InChI=1S/C57H102O6/c1-4-7-10-13-16-19-22-24-26-27-28-29-31-32-35-38-41-44-47-50-56(59)62-53-54(52-61-55(58)49-46-43-40-37-34-21-18-15-12-9-6-3)63-57(60)51-48-45-42-39-36-33-30-25-23-20-17-14-11-8-5-2/h8,11,15,17-18,20,25,30,54H,4-7,9-10,12-14,16,19,21-24,26-29,31-53H2,1-3H3/b11-8-,18-15-,20-17-,30-25-/t54-/m1/s1. The molecule has 6 nitrogen and oxygen atoms in total. The largest absolute Gasteiger partial charge is 0.462 e. The van der Waals surface area contributed by atoms with Crippen LogP contribution in [0.25, 0.3) is 0 Å². The second-order valence-electron chi connectivity index (χ2n) is 18.1. The van der Waals surface area contributed by atoms with E-state index in [1.165, 1.54) is 135 Å². The maximum atomic E-state index is 12.8. The Morgan fingerprint density at radius 1 is 0.333 bits per heavy atom. The summed E-state index contributed by atoms with van der Waals surface area (Å²) in [4.78, 5) is 38.0. The monoisotopic (exact) mass is 883 g/mol. The van der Waals surface area contributed by atoms with E-state index in [-0.39, 0.29) is 31.1 Å². The van der Waals surface area contributed by atoms with E-state index in [0.717, 1.165) is 103 Å². The minimum atomic E-state index is -0.782. The minimum absolute atomic E-state index is 0.0803. The van der Waals surface area contributed by atoms with Crippen molar-refractivity contribution in [1.82, 2.24) is 0 Å². The minimum Gasteiger partial charge on any atom is -0.462 e. The molecule has 0 aliphatic rings. The highest BCUT2D eigenvalue weighted by atomic mass is 16.6. The second kappa shape index (κ2) is 52.0. The number of allylic oxidation sites excluding steroid dienone is 8. The smallest absolute Gasteiger partial charge is 0.306 e. The maximum absolute atomic E-state index is 12.8. The molecule has 0 radical (unpaired) electrons. The molecule has 1 atom stereocenters. The molecule has 0 amide bonds. The Morgan fingerprint density at radius 3 is 1.03 bits per heavy atom. The Labute approximate surface area is 390 Å². The van der Waals surface area contributed by atoms with Gasteiger partial charge in [-0.25, -0.2) is 0 Å². The van der Waals surface area contributed by atoms with Crippen molar-refractivity contribution in [3.63, 3.8) is 0 Å². The zero-order valence-electron chi connectivity index (χ0n) is 41.8. The summed E-state index contributed by atoms with van der Waals surface area (Å²) in [5.74, 6) is -0.898. The number of esters is 3. The average Bonchev–Trinajstić information content (AvgIpc) is 3.28. The predicted molar refractivity (Wildman–Crippen MR) is 270 cm³/mol. The first-order chi connectivity index (χ1) is 31.0. The third-order valence-corrected chi connectivity index (χ3v) is 11.8. The van der Waals surface area contributed by atoms with Crippen molar-refractivity contribution >= 4 is 17.9 Å². The van der Waals surface area contributed by atoms with Gasteiger partial charge in [0.15, 0.2) is 6.10 Å². The van der Waals surface area contributed by atoms with Gasteiger partial charge in [0, 0.05) is 19.3 Å². The van der Waals surface area contributed by atoms with Crippen LogP contribution < -0.4 is 0 Å². The Morgan fingerprint density at radius 2 is 0.635 bits per heavy atom. The van der Waals surface area contributed by atoms with Crippen LogP contribution >= 0.6 is 0 Å². The van der Waals surface area contributed by atoms with E-state index in [0.29, 0.717) is 19.3 Å². The number of unbranched alkanes of at least 4 members (excludes halogenated alkanes) is 30. The third kappa shape index (κ3) is 50.2. The molecule has 0 bridgehead atoms. The van der Waals surface area contributed by atoms with Gasteiger partial charge in [0.25, 0.3) is 0 Å². The van der Waals surface area contributed by atoms with Gasteiger partial charge in [-0.15, -0.1) is 0 Å². The zero-order chi connectivity index (χ0) is 45.8. The Balaban J connectivity index is 4.32. The van der Waals surface area contributed by atoms with E-state index in [2.05, 4.69) is 69.4 Å². The molecule has 0 heterocycles. The fraction of sp³-hybridized carbons (Fsp3) is 0.807. The lowest BCUT2D eigenvalue weighted by atomic mass is 10.0. The highest BCUT2D eigenvalue weighted by Crippen LogP contribution is 2.16. The Kier molecular flexibility index (Phi) is 49.8. The molecule has 0 aliphatic heterocycles. The van der Waals surface area contributed by atoms with E-state index in [1.807, 2.05) is 0 Å². The van der Waals surface area contributed by atoms with Gasteiger partial charge in [0.1, 0.15) is 13.2 Å². The zero-order valence-corrected chi connectivity index (χ0v) is 41.8. The summed E-state index contributed by atoms with van der Waals surface area (Å²) >= 11 is 0. The highest BCUT2D eigenvalue weighted by Gasteiger charge is 2.19. The number of carbonyl (C=O) groups is 3. The number of hydrogen-bond donors (Lipinski definition) is 0. The fourth-order valence-corrected chi connectivity index (χ4v) is 7.73. The van der Waals surface area contributed by atoms with Crippen LogP contribution in [0.5, 0.6) is 0 Å². The first-order valence-corrected chi connectivity index (χ1v) is 27.1. The summed E-state index contributed by atoms with van der Waals surface area (Å²) in [6.45, 7) is 6.49. The quantitative estimate of drug-likeness (QED) is 0.0262. The van der Waals surface area contributed by atoms with Crippen LogP contribution in [-0.4, -0.2) is 37.2 Å². The summed E-state index contributed by atoms with van der Waals surface area (Å²) in [6, 6.07) is 0. The Bertz CT molecular complexity index is 1110. The number of hydrogen-bond acceptors (Lipinski definition) is 6.